The molecule has 0 spiro atoms. The lowest BCUT2D eigenvalue weighted by atomic mass is 9.67. The lowest BCUT2D eigenvalue weighted by molar-refractivity contribution is 0.0879. The van der Waals surface area contributed by atoms with Crippen LogP contribution in [0.25, 0.3) is 6.08 Å². The molecule has 0 aliphatic carbocycles. The first-order chi connectivity index (χ1) is 15.1. The van der Waals surface area contributed by atoms with Crippen LogP contribution in [-0.4, -0.2) is 16.7 Å². The molecule has 0 unspecified atom stereocenters. The fraction of sp³-hybridized carbons (Fsp3) is 0.160. The molecular formula is C25H16FN3OS. The lowest BCUT2D eigenvalue weighted by Gasteiger charge is -2.34. The third kappa shape index (κ3) is 2.73. The molecule has 1 aromatic heterocycles. The third-order valence-corrected chi connectivity index (χ3v) is 7.09. The largest absolute Gasteiger partial charge is 0.357 e. The molecule has 2 aliphatic heterocycles. The van der Waals surface area contributed by atoms with Gasteiger partial charge in [-0.2, -0.15) is 10.5 Å². The molecule has 4 nitrogen and oxygen atoms in total. The number of thiophene rings is 1. The molecule has 1 saturated heterocycles. The van der Waals surface area contributed by atoms with Crippen molar-refractivity contribution in [2.24, 2.45) is 5.41 Å². The Kier molecular flexibility index (Phi) is 4.46. The summed E-state index contributed by atoms with van der Waals surface area (Å²) in [5.41, 5.74) is 0.818. The van der Waals surface area contributed by atoms with Crippen LogP contribution in [0.3, 0.4) is 0 Å². The van der Waals surface area contributed by atoms with Gasteiger partial charge in [0.1, 0.15) is 11.9 Å². The highest BCUT2D eigenvalue weighted by Gasteiger charge is 2.63. The molecule has 0 saturated carbocycles. The average Bonchev–Trinajstić information content (AvgIpc) is 3.44. The Morgan fingerprint density at radius 1 is 1.03 bits per heavy atom. The van der Waals surface area contributed by atoms with Gasteiger partial charge in [0.15, 0.2) is 11.2 Å². The quantitative estimate of drug-likeness (QED) is 0.534. The summed E-state index contributed by atoms with van der Waals surface area (Å²) in [4.78, 5) is 16.1. The van der Waals surface area contributed by atoms with E-state index in [-0.39, 0.29) is 5.78 Å². The number of nitriles is 2. The standard InChI is InChI=1S/C25H16FN3OS/c26-18-9-7-17(8-10-18)21-22(23(30)20-6-3-13-31-20)29-12-11-16-4-1-2-5-19(16)24(29)25(21,14-27)15-28/h1-13,21-22,24H/t21-,22+,24+/m0/s1. The van der Waals surface area contributed by atoms with Crippen LogP contribution in [0.15, 0.2) is 72.2 Å². The number of halogens is 1. The van der Waals surface area contributed by atoms with Gasteiger partial charge >= 0.3 is 0 Å². The fourth-order valence-electron chi connectivity index (χ4n) is 4.90. The minimum absolute atomic E-state index is 0.147. The van der Waals surface area contributed by atoms with Crippen LogP contribution in [-0.2, 0) is 0 Å². The summed E-state index contributed by atoms with van der Waals surface area (Å²) < 4.78 is 13.7. The molecule has 6 heteroatoms. The molecule has 1 fully saturated rings. The maximum absolute atomic E-state index is 13.7. The molecule has 3 heterocycles. The minimum atomic E-state index is -1.53. The van der Waals surface area contributed by atoms with Gasteiger partial charge in [-0.3, -0.25) is 4.79 Å². The highest BCUT2D eigenvalue weighted by Crippen LogP contribution is 2.60. The Hall–Kier alpha value is -3.74. The first-order valence-corrected chi connectivity index (χ1v) is 10.7. The van der Waals surface area contributed by atoms with Gasteiger partial charge in [0.25, 0.3) is 0 Å². The number of fused-ring (bicyclic) bond motifs is 3. The zero-order valence-corrected chi connectivity index (χ0v) is 17.1. The fourth-order valence-corrected chi connectivity index (χ4v) is 5.60. The summed E-state index contributed by atoms with van der Waals surface area (Å²) in [5, 5.41) is 22.6. The second-order valence-electron chi connectivity index (χ2n) is 7.70. The minimum Gasteiger partial charge on any atom is -0.357 e. The van der Waals surface area contributed by atoms with Gasteiger partial charge in [-0.05, 0) is 46.3 Å². The molecule has 0 N–H and O–H groups in total. The van der Waals surface area contributed by atoms with E-state index >= 15 is 0 Å². The van der Waals surface area contributed by atoms with E-state index in [2.05, 4.69) is 12.1 Å². The van der Waals surface area contributed by atoms with Crippen LogP contribution < -0.4 is 0 Å². The van der Waals surface area contributed by atoms with Gasteiger partial charge in [0.05, 0.1) is 23.1 Å². The summed E-state index contributed by atoms with van der Waals surface area (Å²) in [6.45, 7) is 0. The molecule has 150 valence electrons. The van der Waals surface area contributed by atoms with Crippen LogP contribution in [0.5, 0.6) is 0 Å². The summed E-state index contributed by atoms with van der Waals surface area (Å²) in [7, 11) is 0. The normalized spacial score (nSPS) is 22.8. The van der Waals surface area contributed by atoms with Crippen molar-refractivity contribution >= 4 is 23.2 Å². The van der Waals surface area contributed by atoms with E-state index in [1.54, 1.807) is 24.3 Å². The van der Waals surface area contributed by atoms with Gasteiger partial charge in [-0.1, -0.05) is 42.5 Å². The molecule has 5 rings (SSSR count). The van der Waals surface area contributed by atoms with Crippen molar-refractivity contribution in [1.29, 1.82) is 10.5 Å². The van der Waals surface area contributed by atoms with Crippen molar-refractivity contribution in [1.82, 2.24) is 4.90 Å². The Balaban J connectivity index is 1.78. The van der Waals surface area contributed by atoms with Crippen LogP contribution in [0.2, 0.25) is 0 Å². The Labute approximate surface area is 183 Å². The van der Waals surface area contributed by atoms with Gasteiger partial charge < -0.3 is 4.90 Å². The zero-order chi connectivity index (χ0) is 21.6. The van der Waals surface area contributed by atoms with E-state index in [1.807, 2.05) is 46.8 Å². The van der Waals surface area contributed by atoms with E-state index in [9.17, 15) is 19.7 Å². The first kappa shape index (κ1) is 19.2. The van der Waals surface area contributed by atoms with E-state index in [0.29, 0.717) is 10.4 Å². The van der Waals surface area contributed by atoms with E-state index in [4.69, 9.17) is 0 Å². The predicted octanol–water partition coefficient (Wildman–Crippen LogP) is 5.30. The Morgan fingerprint density at radius 3 is 2.45 bits per heavy atom. The monoisotopic (exact) mass is 425 g/mol. The first-order valence-electron chi connectivity index (χ1n) is 9.81. The molecule has 0 radical (unpaired) electrons. The predicted molar refractivity (Wildman–Crippen MR) is 115 cm³/mol. The third-order valence-electron chi connectivity index (χ3n) is 6.21. The van der Waals surface area contributed by atoms with Gasteiger partial charge in [0, 0.05) is 12.1 Å². The maximum atomic E-state index is 13.7. The number of rotatable bonds is 3. The van der Waals surface area contributed by atoms with Crippen molar-refractivity contribution in [3.05, 3.63) is 99.6 Å². The van der Waals surface area contributed by atoms with Crippen molar-refractivity contribution in [3.8, 4) is 12.1 Å². The molecule has 2 aromatic carbocycles. The summed E-state index contributed by atoms with van der Waals surface area (Å²) in [6.07, 6.45) is 3.73. The number of nitrogens with zero attached hydrogens (tertiary/aromatic N) is 3. The van der Waals surface area contributed by atoms with Gasteiger partial charge in [0.2, 0.25) is 0 Å². The van der Waals surface area contributed by atoms with E-state index in [0.717, 1.165) is 11.1 Å². The number of Topliss-reactive ketones (excluding diaryl/α,β-unsaturated/α-hetero) is 1. The molecule has 3 atom stereocenters. The van der Waals surface area contributed by atoms with Crippen LogP contribution in [0.1, 0.15) is 38.3 Å². The van der Waals surface area contributed by atoms with Crippen LogP contribution in [0.4, 0.5) is 4.39 Å². The highest BCUT2D eigenvalue weighted by molar-refractivity contribution is 7.12. The average molecular weight is 425 g/mol. The number of hydrogen-bond donors (Lipinski definition) is 0. The van der Waals surface area contributed by atoms with Crippen LogP contribution in [0, 0.1) is 33.9 Å². The number of ketones is 1. The molecule has 0 amide bonds. The van der Waals surface area contributed by atoms with Gasteiger partial charge in [-0.25, -0.2) is 4.39 Å². The number of carbonyl (C=O) groups is 1. The maximum Gasteiger partial charge on any atom is 0.195 e. The van der Waals surface area contributed by atoms with Gasteiger partial charge in [-0.15, -0.1) is 11.3 Å². The number of carbonyl (C=O) groups excluding carboxylic acids is 1. The van der Waals surface area contributed by atoms with Crippen molar-refractivity contribution in [3.63, 3.8) is 0 Å². The molecular weight excluding hydrogens is 409 g/mol. The number of benzene rings is 2. The van der Waals surface area contributed by atoms with Crippen LogP contribution >= 0.6 is 11.3 Å². The summed E-state index contributed by atoms with van der Waals surface area (Å²) in [6, 6.07) is 20.1. The highest BCUT2D eigenvalue weighted by atomic mass is 32.1. The smallest absolute Gasteiger partial charge is 0.195 e. The molecule has 31 heavy (non-hydrogen) atoms. The second-order valence-corrected chi connectivity index (χ2v) is 8.65. The zero-order valence-electron chi connectivity index (χ0n) is 16.3. The molecule has 2 aliphatic rings. The molecule has 3 aromatic rings. The van der Waals surface area contributed by atoms with E-state index < -0.39 is 29.2 Å². The van der Waals surface area contributed by atoms with Crippen molar-refractivity contribution in [2.75, 3.05) is 0 Å². The Morgan fingerprint density at radius 2 is 1.77 bits per heavy atom. The summed E-state index contributed by atoms with van der Waals surface area (Å²) >= 11 is 1.33. The Bertz CT molecular complexity index is 1250. The SMILES string of the molecule is N#CC1(C#N)[C@@H](c2ccc(F)cc2)[C@H](C(=O)c2cccs2)N2C=Cc3ccccc3[C@@H]21. The van der Waals surface area contributed by atoms with Crippen molar-refractivity contribution < 1.29 is 9.18 Å². The summed E-state index contributed by atoms with van der Waals surface area (Å²) in [5.74, 6) is -1.31. The second kappa shape index (κ2) is 7.19. The van der Waals surface area contributed by atoms with Crippen molar-refractivity contribution in [2.45, 2.75) is 18.0 Å². The molecule has 0 bridgehead atoms. The topological polar surface area (TPSA) is 67.9 Å². The van der Waals surface area contributed by atoms with E-state index in [1.165, 1.54) is 23.5 Å². The lowest BCUT2D eigenvalue weighted by Crippen LogP contribution is -2.37. The number of hydrogen-bond acceptors (Lipinski definition) is 5.